The first-order valence-electron chi connectivity index (χ1n) is 7.67. The highest BCUT2D eigenvalue weighted by molar-refractivity contribution is 6.83. The molecule has 0 radical (unpaired) electrons. The zero-order chi connectivity index (χ0) is 15.4. The maximum atomic E-state index is 2.39. The Morgan fingerprint density at radius 1 is 0.864 bits per heavy atom. The van der Waals surface area contributed by atoms with E-state index < -0.39 is 0 Å². The van der Waals surface area contributed by atoms with Gasteiger partial charge in [-0.15, -0.1) is 0 Å². The number of hydrogen-bond acceptors (Lipinski definition) is 2. The Bertz CT molecular complexity index is 623. The second-order valence-electron chi connectivity index (χ2n) is 5.76. The van der Waals surface area contributed by atoms with Crippen molar-refractivity contribution >= 4 is 17.8 Å². The molecule has 0 bridgehead atoms. The van der Waals surface area contributed by atoms with Crippen molar-refractivity contribution in [2.24, 2.45) is 0 Å². The molecule has 0 amide bonds. The topological polar surface area (TPSA) is 6.48 Å². The Morgan fingerprint density at radius 3 is 1.82 bits per heavy atom. The molecule has 1 aliphatic heterocycles. The molecule has 22 heavy (non-hydrogen) atoms. The summed E-state index contributed by atoms with van der Waals surface area (Å²) in [7, 11) is 4.16. The van der Waals surface area contributed by atoms with Gasteiger partial charge in [-0.1, -0.05) is 71.6 Å². The quantitative estimate of drug-likeness (QED) is 0.795. The first-order valence-corrected chi connectivity index (χ1v) is 7.67. The molecular formula is C19H21BN2. The van der Waals surface area contributed by atoms with Crippen LogP contribution in [0.3, 0.4) is 0 Å². The molecule has 3 rings (SSSR count). The fourth-order valence-electron chi connectivity index (χ4n) is 2.87. The maximum Gasteiger partial charge on any atom is 0.323 e. The van der Waals surface area contributed by atoms with Gasteiger partial charge in [0.2, 0.25) is 0 Å². The van der Waals surface area contributed by atoms with Crippen molar-refractivity contribution in [3.05, 3.63) is 84.7 Å². The fourth-order valence-corrected chi connectivity index (χ4v) is 2.87. The Kier molecular flexibility index (Phi) is 4.33. The molecule has 110 valence electrons. The van der Waals surface area contributed by atoms with Gasteiger partial charge in [-0.3, -0.25) is 0 Å². The van der Waals surface area contributed by atoms with E-state index in [4.69, 9.17) is 0 Å². The minimum atomic E-state index is 0.249. The molecule has 2 aromatic carbocycles. The van der Waals surface area contributed by atoms with E-state index in [0.717, 1.165) is 6.54 Å². The zero-order valence-electron chi connectivity index (χ0n) is 13.2. The number of nitrogens with zero attached hydrogens (tertiary/aromatic N) is 2. The predicted molar refractivity (Wildman–Crippen MR) is 95.5 cm³/mol. The molecular weight excluding hydrogens is 267 g/mol. The van der Waals surface area contributed by atoms with Gasteiger partial charge in [0.15, 0.2) is 0 Å². The van der Waals surface area contributed by atoms with Gasteiger partial charge in [-0.25, -0.2) is 0 Å². The third kappa shape index (κ3) is 3.09. The average molecular weight is 288 g/mol. The Labute approximate surface area is 133 Å². The van der Waals surface area contributed by atoms with E-state index in [9.17, 15) is 0 Å². The number of rotatable bonds is 4. The summed E-state index contributed by atoms with van der Waals surface area (Å²) in [5, 5.41) is 0. The van der Waals surface area contributed by atoms with Crippen LogP contribution in [0.5, 0.6) is 0 Å². The van der Waals surface area contributed by atoms with Crippen LogP contribution in [-0.2, 0) is 0 Å². The van der Waals surface area contributed by atoms with Gasteiger partial charge in [0.1, 0.15) is 0 Å². The Balaban J connectivity index is 1.93. The summed E-state index contributed by atoms with van der Waals surface area (Å²) in [5.74, 6) is 0. The van der Waals surface area contributed by atoms with Crippen molar-refractivity contribution in [2.75, 3.05) is 20.6 Å². The van der Waals surface area contributed by atoms with Gasteiger partial charge in [0, 0.05) is 26.3 Å². The third-order valence-corrected chi connectivity index (χ3v) is 4.03. The van der Waals surface area contributed by atoms with Gasteiger partial charge < -0.3 is 9.71 Å². The second kappa shape index (κ2) is 6.57. The molecule has 1 heterocycles. The molecule has 3 heteroatoms. The molecule has 0 saturated heterocycles. The van der Waals surface area contributed by atoms with E-state index in [1.54, 1.807) is 0 Å². The van der Waals surface area contributed by atoms with Crippen LogP contribution in [-0.4, -0.2) is 37.2 Å². The molecule has 1 aliphatic rings. The summed E-state index contributed by atoms with van der Waals surface area (Å²) in [6.45, 7) is 1.16. The van der Waals surface area contributed by atoms with Crippen LogP contribution in [0.2, 0.25) is 0 Å². The lowest BCUT2D eigenvalue weighted by atomic mass is 9.49. The Hall–Kier alpha value is -2.42. The Morgan fingerprint density at radius 2 is 1.41 bits per heavy atom. The van der Waals surface area contributed by atoms with Gasteiger partial charge in [0.05, 0.1) is 0 Å². The molecule has 0 fully saturated rings. The molecule has 0 spiro atoms. The van der Waals surface area contributed by atoms with Crippen LogP contribution < -0.4 is 10.9 Å². The summed E-state index contributed by atoms with van der Waals surface area (Å²) < 4.78 is 0. The van der Waals surface area contributed by atoms with E-state index in [-0.39, 0.29) is 6.85 Å². The van der Waals surface area contributed by atoms with Gasteiger partial charge >= 0.3 is 6.85 Å². The lowest BCUT2D eigenvalue weighted by molar-refractivity contribution is 0.510. The van der Waals surface area contributed by atoms with Gasteiger partial charge in [-0.2, -0.15) is 0 Å². The van der Waals surface area contributed by atoms with E-state index in [0.29, 0.717) is 0 Å². The highest BCUT2D eigenvalue weighted by atomic mass is 15.1. The van der Waals surface area contributed by atoms with Crippen molar-refractivity contribution in [2.45, 2.75) is 0 Å². The van der Waals surface area contributed by atoms with Crippen LogP contribution in [0.4, 0.5) is 0 Å². The lowest BCUT2D eigenvalue weighted by Crippen LogP contribution is -2.54. The summed E-state index contributed by atoms with van der Waals surface area (Å²) in [4.78, 5) is 4.53. The van der Waals surface area contributed by atoms with Crippen molar-refractivity contribution in [3.8, 4) is 0 Å². The van der Waals surface area contributed by atoms with Crippen molar-refractivity contribution < 1.29 is 0 Å². The van der Waals surface area contributed by atoms with Crippen molar-refractivity contribution in [3.63, 3.8) is 0 Å². The summed E-state index contributed by atoms with van der Waals surface area (Å²) in [6, 6.07) is 21.4. The predicted octanol–water partition coefficient (Wildman–Crippen LogP) is 2.07. The van der Waals surface area contributed by atoms with Crippen LogP contribution in [0.15, 0.2) is 84.7 Å². The molecule has 0 aliphatic carbocycles. The monoisotopic (exact) mass is 288 g/mol. The second-order valence-corrected chi connectivity index (χ2v) is 5.76. The molecule has 0 unspecified atom stereocenters. The zero-order valence-corrected chi connectivity index (χ0v) is 13.2. The van der Waals surface area contributed by atoms with Crippen LogP contribution in [0.25, 0.3) is 0 Å². The summed E-state index contributed by atoms with van der Waals surface area (Å²) >= 11 is 0. The van der Waals surface area contributed by atoms with E-state index in [1.165, 1.54) is 16.6 Å². The third-order valence-electron chi connectivity index (χ3n) is 4.03. The van der Waals surface area contributed by atoms with Crippen LogP contribution in [0, 0.1) is 0 Å². The minimum absolute atomic E-state index is 0.249. The summed E-state index contributed by atoms with van der Waals surface area (Å²) in [5.41, 5.74) is 3.90. The van der Waals surface area contributed by atoms with Gasteiger partial charge in [0.25, 0.3) is 0 Å². The normalized spacial score (nSPS) is 13.7. The van der Waals surface area contributed by atoms with Crippen LogP contribution >= 0.6 is 0 Å². The maximum absolute atomic E-state index is 2.39. The van der Waals surface area contributed by atoms with E-state index in [2.05, 4.69) is 103 Å². The highest BCUT2D eigenvalue weighted by Crippen LogP contribution is 2.11. The van der Waals surface area contributed by atoms with Crippen LogP contribution in [0.1, 0.15) is 0 Å². The van der Waals surface area contributed by atoms with E-state index in [1.807, 2.05) is 0 Å². The molecule has 0 aromatic heterocycles. The molecule has 0 atom stereocenters. The largest absolute Gasteiger partial charge is 0.409 e. The number of likely N-dealkylation sites (N-methyl/N-ethyl adjacent to an activating group) is 1. The smallest absolute Gasteiger partial charge is 0.323 e. The number of allylic oxidation sites excluding steroid dienone is 1. The minimum Gasteiger partial charge on any atom is -0.409 e. The first kappa shape index (κ1) is 14.5. The molecule has 2 aromatic rings. The van der Waals surface area contributed by atoms with Crippen molar-refractivity contribution in [1.82, 2.24) is 9.71 Å². The average Bonchev–Trinajstić information content (AvgIpc) is 2.57. The first-order chi connectivity index (χ1) is 10.8. The standard InChI is InChI=1S/C19H21BN2/c1-21(2)19-13-15-22(16-14-19)20(17-9-5-3-6-10-17)18-11-7-4-8-12-18/h3-15H,16H2,1-2H3. The summed E-state index contributed by atoms with van der Waals surface area (Å²) in [6.07, 6.45) is 6.67. The molecule has 0 saturated carbocycles. The van der Waals surface area contributed by atoms with E-state index >= 15 is 0 Å². The number of benzene rings is 2. The fraction of sp³-hybridized carbons (Fsp3) is 0.158. The SMILES string of the molecule is CN(C)C1=CCN(B(c2ccccc2)c2ccccc2)C=C1. The van der Waals surface area contributed by atoms with Gasteiger partial charge in [-0.05, 0) is 18.4 Å². The van der Waals surface area contributed by atoms with Crippen molar-refractivity contribution in [1.29, 1.82) is 0 Å². The number of hydrogen-bond donors (Lipinski definition) is 0. The highest BCUT2D eigenvalue weighted by Gasteiger charge is 2.26. The molecule has 0 N–H and O–H groups in total. The molecule has 2 nitrogen and oxygen atoms in total. The lowest BCUT2D eigenvalue weighted by Gasteiger charge is -2.31.